The van der Waals surface area contributed by atoms with Crippen LogP contribution in [0.25, 0.3) is 0 Å². The van der Waals surface area contributed by atoms with Gasteiger partial charge in [-0.2, -0.15) is 13.2 Å². The lowest BCUT2D eigenvalue weighted by Gasteiger charge is -2.27. The largest absolute Gasteiger partial charge is 0.433 e. The van der Waals surface area contributed by atoms with Crippen molar-refractivity contribution < 1.29 is 18.0 Å². The number of alkyl halides is 3. The standard InChI is InChI=1S/C21H22Br2F3N3O/c1-3-18(30)27-11-13-4-5-17(28-19(13)21(24,25)26)29-7-6-20(2,12-29)14-8-15(22)10-16(23)9-14/h4-5,8-10H,3,6-7,11-12H2,1-2H3,(H,27,30). The van der Waals surface area contributed by atoms with E-state index in [1.807, 2.05) is 23.1 Å². The van der Waals surface area contributed by atoms with Crippen LogP contribution < -0.4 is 10.2 Å². The first-order chi connectivity index (χ1) is 14.0. The van der Waals surface area contributed by atoms with E-state index in [2.05, 4.69) is 49.1 Å². The van der Waals surface area contributed by atoms with E-state index in [0.717, 1.165) is 20.9 Å². The molecule has 1 N–H and O–H groups in total. The molecule has 1 fully saturated rings. The number of hydrogen-bond acceptors (Lipinski definition) is 3. The average Bonchev–Trinajstić information content (AvgIpc) is 3.08. The zero-order valence-corrected chi connectivity index (χ0v) is 19.8. The first-order valence-corrected chi connectivity index (χ1v) is 11.2. The van der Waals surface area contributed by atoms with E-state index in [0.29, 0.717) is 18.9 Å². The highest BCUT2D eigenvalue weighted by Gasteiger charge is 2.39. The maximum atomic E-state index is 13.6. The van der Waals surface area contributed by atoms with Gasteiger partial charge in [-0.1, -0.05) is 51.8 Å². The summed E-state index contributed by atoms with van der Waals surface area (Å²) in [6, 6.07) is 9.05. The molecule has 1 amide bonds. The molecule has 9 heteroatoms. The van der Waals surface area contributed by atoms with Gasteiger partial charge in [-0.05, 0) is 36.2 Å². The van der Waals surface area contributed by atoms with Crippen LogP contribution >= 0.6 is 31.9 Å². The van der Waals surface area contributed by atoms with Crippen molar-refractivity contribution in [3.8, 4) is 0 Å². The number of aromatic nitrogens is 1. The van der Waals surface area contributed by atoms with Gasteiger partial charge in [-0.3, -0.25) is 4.79 Å². The topological polar surface area (TPSA) is 45.2 Å². The molecule has 0 aliphatic carbocycles. The number of pyridine rings is 1. The predicted molar refractivity (Wildman–Crippen MR) is 117 cm³/mol. The van der Waals surface area contributed by atoms with Crippen LogP contribution in [0.15, 0.2) is 39.3 Å². The Kier molecular flexibility index (Phi) is 6.81. The third kappa shape index (κ3) is 5.17. The van der Waals surface area contributed by atoms with Crippen LogP contribution in [0.4, 0.5) is 19.0 Å². The highest BCUT2D eigenvalue weighted by Crippen LogP contribution is 2.39. The number of halogens is 5. The zero-order valence-electron chi connectivity index (χ0n) is 16.6. The quantitative estimate of drug-likeness (QED) is 0.512. The molecule has 1 atom stereocenters. The molecular weight excluding hydrogens is 527 g/mol. The summed E-state index contributed by atoms with van der Waals surface area (Å²) in [6.45, 7) is 4.73. The highest BCUT2D eigenvalue weighted by molar-refractivity contribution is 9.11. The molecule has 1 aliphatic heterocycles. The maximum Gasteiger partial charge on any atom is 0.433 e. The third-order valence-electron chi connectivity index (χ3n) is 5.39. The fraction of sp³-hybridized carbons (Fsp3) is 0.429. The number of amides is 1. The summed E-state index contributed by atoms with van der Waals surface area (Å²) < 4.78 is 42.8. The molecule has 2 aromatic rings. The van der Waals surface area contributed by atoms with E-state index in [1.165, 1.54) is 6.07 Å². The van der Waals surface area contributed by atoms with Gasteiger partial charge in [-0.25, -0.2) is 4.98 Å². The van der Waals surface area contributed by atoms with Gasteiger partial charge in [0, 0.05) is 46.0 Å². The minimum atomic E-state index is -4.60. The first-order valence-electron chi connectivity index (χ1n) is 9.57. The fourth-order valence-electron chi connectivity index (χ4n) is 3.66. The zero-order chi connectivity index (χ0) is 22.1. The second-order valence-corrected chi connectivity index (χ2v) is 9.53. The Morgan fingerprint density at radius 1 is 1.23 bits per heavy atom. The molecule has 1 aromatic carbocycles. The second-order valence-electron chi connectivity index (χ2n) is 7.70. The monoisotopic (exact) mass is 547 g/mol. The molecule has 0 radical (unpaired) electrons. The molecule has 0 saturated carbocycles. The van der Waals surface area contributed by atoms with Gasteiger partial charge in [0.05, 0.1) is 0 Å². The Labute approximate surface area is 190 Å². The van der Waals surface area contributed by atoms with Crippen molar-refractivity contribution >= 4 is 43.6 Å². The van der Waals surface area contributed by atoms with Crippen LogP contribution in [0.1, 0.15) is 43.5 Å². The SMILES string of the molecule is CCC(=O)NCc1ccc(N2CCC(C)(c3cc(Br)cc(Br)c3)C2)nc1C(F)(F)F. The summed E-state index contributed by atoms with van der Waals surface area (Å²) in [5, 5.41) is 2.49. The highest BCUT2D eigenvalue weighted by atomic mass is 79.9. The van der Waals surface area contributed by atoms with Crippen molar-refractivity contribution in [3.63, 3.8) is 0 Å². The van der Waals surface area contributed by atoms with E-state index >= 15 is 0 Å². The van der Waals surface area contributed by atoms with Crippen molar-refractivity contribution in [2.45, 2.75) is 44.8 Å². The molecule has 0 spiro atoms. The van der Waals surface area contributed by atoms with Gasteiger partial charge in [0.25, 0.3) is 0 Å². The lowest BCUT2D eigenvalue weighted by atomic mass is 9.82. The molecule has 1 aromatic heterocycles. The average molecular weight is 549 g/mol. The van der Waals surface area contributed by atoms with Crippen molar-refractivity contribution in [2.24, 2.45) is 0 Å². The Morgan fingerprint density at radius 2 is 1.90 bits per heavy atom. The van der Waals surface area contributed by atoms with Gasteiger partial charge < -0.3 is 10.2 Å². The van der Waals surface area contributed by atoms with Crippen LogP contribution in [0.5, 0.6) is 0 Å². The Hall–Kier alpha value is -1.61. The summed E-state index contributed by atoms with van der Waals surface area (Å²) in [7, 11) is 0. The lowest BCUT2D eigenvalue weighted by Crippen LogP contribution is -2.29. The fourth-order valence-corrected chi connectivity index (χ4v) is 4.95. The summed E-state index contributed by atoms with van der Waals surface area (Å²) in [5.74, 6) is -0.00614. The molecule has 4 nitrogen and oxygen atoms in total. The van der Waals surface area contributed by atoms with Crippen molar-refractivity contribution in [3.05, 3.63) is 56.1 Å². The van der Waals surface area contributed by atoms with E-state index < -0.39 is 11.9 Å². The number of hydrogen-bond donors (Lipinski definition) is 1. The Morgan fingerprint density at radius 3 is 2.50 bits per heavy atom. The van der Waals surface area contributed by atoms with E-state index in [-0.39, 0.29) is 29.9 Å². The van der Waals surface area contributed by atoms with Crippen LogP contribution in [-0.2, 0) is 22.9 Å². The number of nitrogens with one attached hydrogen (secondary N) is 1. The molecule has 0 bridgehead atoms. The predicted octanol–water partition coefficient (Wildman–Crippen LogP) is 5.82. The van der Waals surface area contributed by atoms with Crippen molar-refractivity contribution in [1.29, 1.82) is 0 Å². The van der Waals surface area contributed by atoms with Crippen molar-refractivity contribution in [1.82, 2.24) is 10.3 Å². The van der Waals surface area contributed by atoms with Gasteiger partial charge in [0.1, 0.15) is 5.82 Å². The van der Waals surface area contributed by atoms with E-state index in [4.69, 9.17) is 0 Å². The molecule has 30 heavy (non-hydrogen) atoms. The molecule has 3 rings (SSSR count). The second kappa shape index (κ2) is 8.86. The normalized spacial score (nSPS) is 19.2. The summed E-state index contributed by atoms with van der Waals surface area (Å²) in [6.07, 6.45) is -3.58. The number of nitrogens with zero attached hydrogens (tertiary/aromatic N) is 2. The Bertz CT molecular complexity index is 931. The van der Waals surface area contributed by atoms with Crippen LogP contribution in [0, 0.1) is 0 Å². The molecule has 2 heterocycles. The van der Waals surface area contributed by atoms with Crippen molar-refractivity contribution in [2.75, 3.05) is 18.0 Å². The molecule has 1 aliphatic rings. The Balaban J connectivity index is 1.86. The third-order valence-corrected chi connectivity index (χ3v) is 6.30. The number of carbonyl (C=O) groups excluding carboxylic acids is 1. The number of benzene rings is 1. The summed E-state index contributed by atoms with van der Waals surface area (Å²) in [5.41, 5.74) is -0.0810. The minimum Gasteiger partial charge on any atom is -0.356 e. The lowest BCUT2D eigenvalue weighted by molar-refractivity contribution is -0.142. The van der Waals surface area contributed by atoms with Crippen LogP contribution in [-0.4, -0.2) is 24.0 Å². The van der Waals surface area contributed by atoms with Crippen LogP contribution in [0.3, 0.4) is 0 Å². The van der Waals surface area contributed by atoms with Crippen LogP contribution in [0.2, 0.25) is 0 Å². The van der Waals surface area contributed by atoms with Gasteiger partial charge in [-0.15, -0.1) is 0 Å². The molecule has 1 saturated heterocycles. The van der Waals surface area contributed by atoms with Gasteiger partial charge in [0.2, 0.25) is 5.91 Å². The van der Waals surface area contributed by atoms with E-state index in [1.54, 1.807) is 13.0 Å². The number of anilines is 1. The van der Waals surface area contributed by atoms with Gasteiger partial charge in [0.15, 0.2) is 5.69 Å². The maximum absolute atomic E-state index is 13.6. The van der Waals surface area contributed by atoms with E-state index in [9.17, 15) is 18.0 Å². The minimum absolute atomic E-state index is 0.0362. The first kappa shape index (κ1) is 23.1. The van der Waals surface area contributed by atoms with Gasteiger partial charge >= 0.3 is 6.18 Å². The summed E-state index contributed by atoms with van der Waals surface area (Å²) in [4.78, 5) is 17.3. The molecule has 1 unspecified atom stereocenters. The smallest absolute Gasteiger partial charge is 0.356 e. The molecular formula is C21H22Br2F3N3O. The summed E-state index contributed by atoms with van der Waals surface area (Å²) >= 11 is 7.01. The number of rotatable bonds is 5. The molecule has 162 valence electrons. The number of carbonyl (C=O) groups is 1.